The van der Waals surface area contributed by atoms with Crippen LogP contribution in [0, 0.1) is 0 Å². The van der Waals surface area contributed by atoms with Crippen molar-refractivity contribution in [3.63, 3.8) is 0 Å². The summed E-state index contributed by atoms with van der Waals surface area (Å²) in [6.45, 7) is 2.94. The van der Waals surface area contributed by atoms with E-state index >= 15 is 0 Å². The smallest absolute Gasteiger partial charge is 0.232 e. The standard InChI is InChI=1S/C21H21BrO3/c1-2-3-4-5-12-24-17-9-6-15(7-10-17)13-20-21(23)18-14-16(22)8-11-19(18)25-20/h6-11,13-14H,2-5,12H2,1H3/b20-13-. The molecule has 0 radical (unpaired) electrons. The Labute approximate surface area is 156 Å². The van der Waals surface area contributed by atoms with E-state index in [1.54, 1.807) is 18.2 Å². The Morgan fingerprint density at radius 2 is 1.88 bits per heavy atom. The molecule has 0 atom stereocenters. The number of unbranched alkanes of at least 4 members (excludes halogenated alkanes) is 3. The molecule has 4 heteroatoms. The van der Waals surface area contributed by atoms with Crippen molar-refractivity contribution in [2.75, 3.05) is 6.61 Å². The largest absolute Gasteiger partial charge is 0.494 e. The lowest BCUT2D eigenvalue weighted by Crippen LogP contribution is -1.98. The van der Waals surface area contributed by atoms with E-state index in [1.807, 2.05) is 30.3 Å². The van der Waals surface area contributed by atoms with Crippen LogP contribution in [0.1, 0.15) is 48.5 Å². The van der Waals surface area contributed by atoms with Gasteiger partial charge in [0.2, 0.25) is 5.78 Å². The van der Waals surface area contributed by atoms with Crippen molar-refractivity contribution in [3.05, 3.63) is 63.8 Å². The van der Waals surface area contributed by atoms with E-state index in [9.17, 15) is 4.79 Å². The Morgan fingerprint density at radius 3 is 2.64 bits per heavy atom. The van der Waals surface area contributed by atoms with Gasteiger partial charge in [-0.3, -0.25) is 4.79 Å². The Kier molecular flexibility index (Phi) is 5.92. The Hall–Kier alpha value is -2.07. The summed E-state index contributed by atoms with van der Waals surface area (Å²) < 4.78 is 12.3. The molecule has 3 nitrogen and oxygen atoms in total. The summed E-state index contributed by atoms with van der Waals surface area (Å²) in [6, 6.07) is 13.2. The molecule has 0 fully saturated rings. The zero-order valence-electron chi connectivity index (χ0n) is 14.3. The molecule has 0 N–H and O–H groups in total. The van der Waals surface area contributed by atoms with Crippen LogP contribution in [-0.2, 0) is 0 Å². The molecule has 0 unspecified atom stereocenters. The number of fused-ring (bicyclic) bond motifs is 1. The van der Waals surface area contributed by atoms with E-state index in [2.05, 4.69) is 22.9 Å². The van der Waals surface area contributed by atoms with E-state index in [0.29, 0.717) is 17.1 Å². The molecule has 130 valence electrons. The highest BCUT2D eigenvalue weighted by Crippen LogP contribution is 2.33. The predicted octanol–water partition coefficient (Wildman–Crippen LogP) is 6.02. The average molecular weight is 401 g/mol. The summed E-state index contributed by atoms with van der Waals surface area (Å²) in [5.41, 5.74) is 1.50. The highest BCUT2D eigenvalue weighted by Gasteiger charge is 2.27. The Morgan fingerprint density at radius 1 is 1.08 bits per heavy atom. The molecule has 1 aliphatic rings. The fraction of sp³-hybridized carbons (Fsp3) is 0.286. The molecule has 2 aromatic rings. The predicted molar refractivity (Wildman–Crippen MR) is 103 cm³/mol. The quantitative estimate of drug-likeness (QED) is 0.420. The first kappa shape index (κ1) is 17.7. The lowest BCUT2D eigenvalue weighted by atomic mass is 10.1. The monoisotopic (exact) mass is 400 g/mol. The van der Waals surface area contributed by atoms with Crippen LogP contribution in [0.15, 0.2) is 52.7 Å². The van der Waals surface area contributed by atoms with Crippen LogP contribution in [0.5, 0.6) is 11.5 Å². The number of hydrogen-bond donors (Lipinski definition) is 0. The molecule has 25 heavy (non-hydrogen) atoms. The first-order valence-corrected chi connectivity index (χ1v) is 9.43. The second-order valence-electron chi connectivity index (χ2n) is 6.06. The summed E-state index contributed by atoms with van der Waals surface area (Å²) in [6.07, 6.45) is 6.53. The van der Waals surface area contributed by atoms with Crippen LogP contribution < -0.4 is 9.47 Å². The maximum Gasteiger partial charge on any atom is 0.232 e. The zero-order valence-corrected chi connectivity index (χ0v) is 15.8. The number of ketones is 1. The molecule has 1 heterocycles. The summed E-state index contributed by atoms with van der Waals surface area (Å²) in [5, 5.41) is 0. The van der Waals surface area contributed by atoms with Crippen LogP contribution in [0.2, 0.25) is 0 Å². The van der Waals surface area contributed by atoms with Crippen molar-refractivity contribution >= 4 is 27.8 Å². The van der Waals surface area contributed by atoms with Gasteiger partial charge in [-0.1, -0.05) is 54.2 Å². The average Bonchev–Trinajstić information content (AvgIpc) is 2.92. The van der Waals surface area contributed by atoms with E-state index < -0.39 is 0 Å². The fourth-order valence-electron chi connectivity index (χ4n) is 2.69. The molecule has 2 aromatic carbocycles. The molecule has 0 saturated heterocycles. The maximum atomic E-state index is 12.4. The lowest BCUT2D eigenvalue weighted by molar-refractivity contribution is 0.101. The first-order chi connectivity index (χ1) is 12.2. The van der Waals surface area contributed by atoms with E-state index in [0.717, 1.165) is 28.8 Å². The summed E-state index contributed by atoms with van der Waals surface area (Å²) >= 11 is 3.38. The third kappa shape index (κ3) is 4.51. The number of hydrogen-bond acceptors (Lipinski definition) is 3. The second kappa shape index (κ2) is 8.34. The molecule has 3 rings (SSSR count). The van der Waals surface area contributed by atoms with Crippen molar-refractivity contribution in [1.29, 1.82) is 0 Å². The van der Waals surface area contributed by atoms with Gasteiger partial charge in [0.25, 0.3) is 0 Å². The topological polar surface area (TPSA) is 35.5 Å². The number of allylic oxidation sites excluding steroid dienone is 1. The molecule has 1 aliphatic heterocycles. The highest BCUT2D eigenvalue weighted by atomic mass is 79.9. The molecular weight excluding hydrogens is 380 g/mol. The van der Waals surface area contributed by atoms with Crippen molar-refractivity contribution in [3.8, 4) is 11.5 Å². The first-order valence-electron chi connectivity index (χ1n) is 8.64. The van der Waals surface area contributed by atoms with Gasteiger partial charge in [-0.15, -0.1) is 0 Å². The summed E-state index contributed by atoms with van der Waals surface area (Å²) in [7, 11) is 0. The third-order valence-corrected chi connectivity index (χ3v) is 4.57. The molecule has 0 saturated carbocycles. The van der Waals surface area contributed by atoms with Gasteiger partial charge in [0.1, 0.15) is 11.5 Å². The van der Waals surface area contributed by atoms with Crippen molar-refractivity contribution in [2.45, 2.75) is 32.6 Å². The minimum Gasteiger partial charge on any atom is -0.494 e. The number of halogens is 1. The van der Waals surface area contributed by atoms with Crippen LogP contribution in [-0.4, -0.2) is 12.4 Å². The van der Waals surface area contributed by atoms with Crippen LogP contribution in [0.3, 0.4) is 0 Å². The number of Topliss-reactive ketones (excluding diaryl/α,β-unsaturated/α-hetero) is 1. The molecule has 0 aromatic heterocycles. The van der Waals surface area contributed by atoms with E-state index in [1.165, 1.54) is 19.3 Å². The van der Waals surface area contributed by atoms with Crippen molar-refractivity contribution < 1.29 is 14.3 Å². The second-order valence-corrected chi connectivity index (χ2v) is 6.97. The molecule has 0 bridgehead atoms. The molecule has 0 aliphatic carbocycles. The van der Waals surface area contributed by atoms with Crippen molar-refractivity contribution in [1.82, 2.24) is 0 Å². The fourth-order valence-corrected chi connectivity index (χ4v) is 3.05. The number of benzene rings is 2. The highest BCUT2D eigenvalue weighted by molar-refractivity contribution is 9.10. The van der Waals surface area contributed by atoms with E-state index in [4.69, 9.17) is 9.47 Å². The van der Waals surface area contributed by atoms with Gasteiger partial charge in [-0.25, -0.2) is 0 Å². The number of carbonyl (C=O) groups is 1. The van der Waals surface area contributed by atoms with Gasteiger partial charge in [0.05, 0.1) is 12.2 Å². The normalized spacial score (nSPS) is 14.5. The Balaban J connectivity index is 1.62. The number of ether oxygens (including phenoxy) is 2. The van der Waals surface area contributed by atoms with Crippen LogP contribution in [0.25, 0.3) is 6.08 Å². The number of carbonyl (C=O) groups excluding carboxylic acids is 1. The van der Waals surface area contributed by atoms with Gasteiger partial charge < -0.3 is 9.47 Å². The zero-order chi connectivity index (χ0) is 17.6. The van der Waals surface area contributed by atoms with Crippen LogP contribution in [0.4, 0.5) is 0 Å². The summed E-state index contributed by atoms with van der Waals surface area (Å²) in [5.74, 6) is 1.71. The van der Waals surface area contributed by atoms with Gasteiger partial charge >= 0.3 is 0 Å². The summed E-state index contributed by atoms with van der Waals surface area (Å²) in [4.78, 5) is 12.4. The number of rotatable bonds is 7. The minimum atomic E-state index is -0.0902. The van der Waals surface area contributed by atoms with Gasteiger partial charge in [0, 0.05) is 4.47 Å². The molecule has 0 spiro atoms. The van der Waals surface area contributed by atoms with Gasteiger partial charge in [0.15, 0.2) is 5.76 Å². The molecular formula is C21H21BrO3. The van der Waals surface area contributed by atoms with E-state index in [-0.39, 0.29) is 5.78 Å². The van der Waals surface area contributed by atoms with Gasteiger partial charge in [-0.05, 0) is 48.4 Å². The van der Waals surface area contributed by atoms with Gasteiger partial charge in [-0.2, -0.15) is 0 Å². The SMILES string of the molecule is CCCCCCOc1ccc(/C=C2\Oc3ccc(Br)cc3C2=O)cc1. The maximum absolute atomic E-state index is 12.4. The minimum absolute atomic E-state index is 0.0902. The Bertz CT molecular complexity index is 778. The third-order valence-electron chi connectivity index (χ3n) is 4.07. The lowest BCUT2D eigenvalue weighted by Gasteiger charge is -2.06. The van der Waals surface area contributed by atoms with Crippen molar-refractivity contribution in [2.24, 2.45) is 0 Å². The molecule has 0 amide bonds. The van der Waals surface area contributed by atoms with Crippen LogP contribution >= 0.6 is 15.9 Å².